The third-order valence-corrected chi connectivity index (χ3v) is 3.10. The summed E-state index contributed by atoms with van der Waals surface area (Å²) < 4.78 is 10.2. The molecule has 1 aromatic rings. The highest BCUT2D eigenvalue weighted by Crippen LogP contribution is 2.21. The summed E-state index contributed by atoms with van der Waals surface area (Å²) in [7, 11) is 0. The van der Waals surface area contributed by atoms with Gasteiger partial charge < -0.3 is 20.5 Å². The van der Waals surface area contributed by atoms with E-state index in [-0.39, 0.29) is 12.0 Å². The summed E-state index contributed by atoms with van der Waals surface area (Å²) in [6, 6.07) is 0.188. The molecule has 1 unspecified atom stereocenters. The number of rotatable bonds is 5. The van der Waals surface area contributed by atoms with Crippen molar-refractivity contribution in [3.05, 3.63) is 17.3 Å². The molecule has 1 saturated heterocycles. The molecule has 1 fully saturated rings. The Bertz CT molecular complexity index is 539. The molecule has 1 aromatic heterocycles. The Balaban J connectivity index is 2.22. The first kappa shape index (κ1) is 15.2. The topological polar surface area (TPSA) is 99.4 Å². The third kappa shape index (κ3) is 4.16. The van der Waals surface area contributed by atoms with Gasteiger partial charge in [0.1, 0.15) is 5.82 Å². The largest absolute Gasteiger partial charge is 0.463 e. The lowest BCUT2D eigenvalue weighted by Crippen LogP contribution is -2.21. The molecule has 2 rings (SSSR count). The SMILES string of the molecule is CCOC(=O)/C=C/c1c(C)nc(N)nc1NC1CCOC1. The fourth-order valence-electron chi connectivity index (χ4n) is 2.10. The van der Waals surface area contributed by atoms with E-state index in [2.05, 4.69) is 15.3 Å². The predicted octanol–water partition coefficient (Wildman–Crippen LogP) is 1.14. The minimum Gasteiger partial charge on any atom is -0.463 e. The number of carbonyl (C=O) groups excluding carboxylic acids is 1. The van der Waals surface area contributed by atoms with Crippen LogP contribution in [0.4, 0.5) is 11.8 Å². The van der Waals surface area contributed by atoms with Crippen molar-refractivity contribution >= 4 is 23.8 Å². The van der Waals surface area contributed by atoms with Crippen molar-refractivity contribution < 1.29 is 14.3 Å². The number of esters is 1. The number of anilines is 2. The van der Waals surface area contributed by atoms with Crippen molar-refractivity contribution in [3.8, 4) is 0 Å². The van der Waals surface area contributed by atoms with Gasteiger partial charge in [0.15, 0.2) is 0 Å². The molecule has 2 heterocycles. The maximum Gasteiger partial charge on any atom is 0.330 e. The van der Waals surface area contributed by atoms with Crippen LogP contribution in [0.5, 0.6) is 0 Å². The number of carbonyl (C=O) groups is 1. The van der Waals surface area contributed by atoms with Gasteiger partial charge in [-0.05, 0) is 26.3 Å². The molecule has 21 heavy (non-hydrogen) atoms. The molecule has 0 amide bonds. The number of nitrogen functional groups attached to an aromatic ring is 1. The highest BCUT2D eigenvalue weighted by Gasteiger charge is 2.18. The van der Waals surface area contributed by atoms with Crippen molar-refractivity contribution in [1.82, 2.24) is 9.97 Å². The van der Waals surface area contributed by atoms with Gasteiger partial charge in [0.05, 0.1) is 24.9 Å². The summed E-state index contributed by atoms with van der Waals surface area (Å²) in [5, 5.41) is 3.29. The lowest BCUT2D eigenvalue weighted by Gasteiger charge is -2.15. The molecule has 0 bridgehead atoms. The Morgan fingerprint density at radius 2 is 2.38 bits per heavy atom. The first-order valence-corrected chi connectivity index (χ1v) is 6.93. The number of aryl methyl sites for hydroxylation is 1. The van der Waals surface area contributed by atoms with Crippen molar-refractivity contribution in [3.63, 3.8) is 0 Å². The van der Waals surface area contributed by atoms with E-state index in [1.54, 1.807) is 13.0 Å². The minimum absolute atomic E-state index is 0.188. The maximum atomic E-state index is 11.4. The Hall–Kier alpha value is -2.15. The van der Waals surface area contributed by atoms with Crippen LogP contribution in [0.15, 0.2) is 6.08 Å². The number of nitrogens with one attached hydrogen (secondary N) is 1. The third-order valence-electron chi connectivity index (χ3n) is 3.10. The molecular weight excluding hydrogens is 272 g/mol. The normalized spacial score (nSPS) is 18.1. The van der Waals surface area contributed by atoms with Gasteiger partial charge in [0, 0.05) is 18.2 Å². The number of hydrogen-bond donors (Lipinski definition) is 2. The summed E-state index contributed by atoms with van der Waals surface area (Å²) in [6.45, 7) is 5.27. The molecule has 114 valence electrons. The van der Waals surface area contributed by atoms with Gasteiger partial charge in [0.2, 0.25) is 5.95 Å². The summed E-state index contributed by atoms with van der Waals surface area (Å²) in [5.74, 6) is 0.405. The van der Waals surface area contributed by atoms with E-state index in [0.717, 1.165) is 18.6 Å². The Morgan fingerprint density at radius 1 is 1.57 bits per heavy atom. The molecule has 0 radical (unpaired) electrons. The summed E-state index contributed by atoms with van der Waals surface area (Å²) in [4.78, 5) is 19.8. The lowest BCUT2D eigenvalue weighted by molar-refractivity contribution is -0.137. The van der Waals surface area contributed by atoms with Gasteiger partial charge in [-0.25, -0.2) is 9.78 Å². The first-order valence-electron chi connectivity index (χ1n) is 6.93. The highest BCUT2D eigenvalue weighted by atomic mass is 16.5. The number of nitrogens with zero attached hydrogens (tertiary/aromatic N) is 2. The highest BCUT2D eigenvalue weighted by molar-refractivity contribution is 5.88. The van der Waals surface area contributed by atoms with Gasteiger partial charge >= 0.3 is 5.97 Å². The fraction of sp³-hybridized carbons (Fsp3) is 0.500. The van der Waals surface area contributed by atoms with E-state index < -0.39 is 5.97 Å². The van der Waals surface area contributed by atoms with Crippen LogP contribution in [-0.4, -0.2) is 41.8 Å². The van der Waals surface area contributed by atoms with Gasteiger partial charge in [-0.3, -0.25) is 0 Å². The molecule has 0 spiro atoms. The van der Waals surface area contributed by atoms with Crippen LogP contribution < -0.4 is 11.1 Å². The van der Waals surface area contributed by atoms with Gasteiger partial charge in [-0.2, -0.15) is 4.98 Å². The fourth-order valence-corrected chi connectivity index (χ4v) is 2.10. The smallest absolute Gasteiger partial charge is 0.330 e. The summed E-state index contributed by atoms with van der Waals surface area (Å²) >= 11 is 0. The van der Waals surface area contributed by atoms with Crippen molar-refractivity contribution in [2.24, 2.45) is 0 Å². The molecule has 0 saturated carbocycles. The first-order chi connectivity index (χ1) is 10.1. The number of ether oxygens (including phenoxy) is 2. The average molecular weight is 292 g/mol. The standard InChI is InChI=1S/C14H20N4O3/c1-3-21-12(19)5-4-11-9(2)16-14(15)18-13(11)17-10-6-7-20-8-10/h4-5,10H,3,6-8H2,1-2H3,(H3,15,16,17,18)/b5-4+. The van der Waals surface area contributed by atoms with Crippen LogP contribution in [-0.2, 0) is 14.3 Å². The van der Waals surface area contributed by atoms with E-state index >= 15 is 0 Å². The predicted molar refractivity (Wildman–Crippen MR) is 79.7 cm³/mol. The van der Waals surface area contributed by atoms with Crippen LogP contribution in [0, 0.1) is 6.92 Å². The van der Waals surface area contributed by atoms with Crippen LogP contribution in [0.25, 0.3) is 6.08 Å². The van der Waals surface area contributed by atoms with Crippen LogP contribution >= 0.6 is 0 Å². The Labute approximate surface area is 123 Å². The second kappa shape index (κ2) is 7.03. The Kier molecular flexibility index (Phi) is 5.10. The van der Waals surface area contributed by atoms with Gasteiger partial charge in [-0.15, -0.1) is 0 Å². The summed E-state index contributed by atoms with van der Waals surface area (Å²) in [6.07, 6.45) is 3.91. The van der Waals surface area contributed by atoms with Crippen molar-refractivity contribution in [1.29, 1.82) is 0 Å². The molecular formula is C14H20N4O3. The number of nitrogens with two attached hydrogens (primary N) is 1. The van der Waals surface area contributed by atoms with Crippen LogP contribution in [0.3, 0.4) is 0 Å². The maximum absolute atomic E-state index is 11.4. The van der Waals surface area contributed by atoms with E-state index in [0.29, 0.717) is 24.7 Å². The van der Waals surface area contributed by atoms with Crippen LogP contribution in [0.1, 0.15) is 24.6 Å². The quantitative estimate of drug-likeness (QED) is 0.620. The second-order valence-electron chi connectivity index (χ2n) is 4.72. The molecule has 0 aliphatic carbocycles. The zero-order chi connectivity index (χ0) is 15.2. The Morgan fingerprint density at radius 3 is 3.05 bits per heavy atom. The summed E-state index contributed by atoms with van der Waals surface area (Å²) in [5.41, 5.74) is 7.12. The van der Waals surface area contributed by atoms with Gasteiger partial charge in [-0.1, -0.05) is 0 Å². The zero-order valence-electron chi connectivity index (χ0n) is 12.3. The second-order valence-corrected chi connectivity index (χ2v) is 4.72. The van der Waals surface area contributed by atoms with E-state index in [9.17, 15) is 4.79 Å². The molecule has 1 aliphatic rings. The monoisotopic (exact) mass is 292 g/mol. The molecule has 0 aromatic carbocycles. The molecule has 7 nitrogen and oxygen atoms in total. The number of aromatic nitrogens is 2. The zero-order valence-corrected chi connectivity index (χ0v) is 12.3. The van der Waals surface area contributed by atoms with Crippen LogP contribution in [0.2, 0.25) is 0 Å². The van der Waals surface area contributed by atoms with Crippen molar-refractivity contribution in [2.75, 3.05) is 30.9 Å². The number of hydrogen-bond acceptors (Lipinski definition) is 7. The lowest BCUT2D eigenvalue weighted by atomic mass is 10.1. The van der Waals surface area contributed by atoms with E-state index in [1.807, 2.05) is 6.92 Å². The molecule has 7 heteroatoms. The molecule has 3 N–H and O–H groups in total. The average Bonchev–Trinajstić information content (AvgIpc) is 2.90. The molecule has 1 atom stereocenters. The molecule has 1 aliphatic heterocycles. The van der Waals surface area contributed by atoms with Gasteiger partial charge in [0.25, 0.3) is 0 Å². The van der Waals surface area contributed by atoms with Crippen molar-refractivity contribution in [2.45, 2.75) is 26.3 Å². The van der Waals surface area contributed by atoms with E-state index in [4.69, 9.17) is 15.2 Å². The van der Waals surface area contributed by atoms with E-state index in [1.165, 1.54) is 6.08 Å². The minimum atomic E-state index is -0.399.